The highest BCUT2D eigenvalue weighted by Crippen LogP contribution is 2.42. The summed E-state index contributed by atoms with van der Waals surface area (Å²) in [6, 6.07) is 0. The summed E-state index contributed by atoms with van der Waals surface area (Å²) in [4.78, 5) is 0.101. The highest BCUT2D eigenvalue weighted by atomic mass is 79.9. The zero-order valence-electron chi connectivity index (χ0n) is 12.8. The predicted molar refractivity (Wildman–Crippen MR) is 99.1 cm³/mol. The fraction of sp³-hybridized carbons (Fsp3) is 0.875. The average molecular weight is 503 g/mol. The van der Waals surface area contributed by atoms with Crippen LogP contribution in [0.2, 0.25) is 0 Å². The van der Waals surface area contributed by atoms with E-state index in [1.54, 1.807) is 0 Å². The average Bonchev–Trinajstić information content (AvgIpc) is 2.80. The molecule has 0 aromatic rings. The van der Waals surface area contributed by atoms with Crippen LogP contribution in [0.25, 0.3) is 0 Å². The van der Waals surface area contributed by atoms with Crippen LogP contribution in [0.1, 0.15) is 39.5 Å². The van der Waals surface area contributed by atoms with Crippen molar-refractivity contribution in [1.82, 2.24) is 0 Å². The topological polar surface area (TPSA) is 38.7 Å². The van der Waals surface area contributed by atoms with Crippen LogP contribution in [-0.4, -0.2) is 49.6 Å². The highest BCUT2D eigenvalue weighted by Gasteiger charge is 2.50. The lowest BCUT2D eigenvalue weighted by atomic mass is 9.93. The lowest BCUT2D eigenvalue weighted by Crippen LogP contribution is -2.42. The molecule has 126 valence electrons. The molecular formula is C16H23Br3O3. The van der Waals surface area contributed by atoms with Crippen molar-refractivity contribution in [3.63, 3.8) is 0 Å². The summed E-state index contributed by atoms with van der Waals surface area (Å²) in [5.41, 5.74) is -0.464. The second kappa shape index (κ2) is 7.84. The zero-order chi connectivity index (χ0) is 16.5. The standard InChI is InChI=1S/C16H23Br3O3/c1-4-9(17)12-6-10(18)11(20)7-13-14(21-12)8-16(3,22-13)15(19)5-2/h2,9-15,20H,4,6-8H2,1,3H3/t9?,10-,11+,12?,13+,14+,15+,16+/m0/s1. The molecule has 2 aliphatic heterocycles. The maximum Gasteiger partial charge on any atom is 0.104 e. The molecule has 0 aromatic heterocycles. The van der Waals surface area contributed by atoms with Crippen LogP contribution in [0, 0.1) is 12.3 Å². The number of hydrogen-bond acceptors (Lipinski definition) is 3. The Kier molecular flexibility index (Phi) is 6.85. The van der Waals surface area contributed by atoms with Crippen LogP contribution in [-0.2, 0) is 9.47 Å². The number of hydrogen-bond donors (Lipinski definition) is 1. The summed E-state index contributed by atoms with van der Waals surface area (Å²) >= 11 is 10.8. The predicted octanol–water partition coefficient (Wildman–Crippen LogP) is 3.78. The fourth-order valence-electron chi connectivity index (χ4n) is 3.22. The van der Waals surface area contributed by atoms with Gasteiger partial charge in [0, 0.05) is 22.5 Å². The third-order valence-electron chi connectivity index (χ3n) is 4.62. The van der Waals surface area contributed by atoms with Gasteiger partial charge in [-0.25, -0.2) is 0 Å². The van der Waals surface area contributed by atoms with Crippen LogP contribution in [0.4, 0.5) is 0 Å². The molecule has 0 amide bonds. The van der Waals surface area contributed by atoms with E-state index in [1.807, 2.05) is 6.92 Å². The molecule has 0 aliphatic carbocycles. The lowest BCUT2D eigenvalue weighted by molar-refractivity contribution is -0.0992. The largest absolute Gasteiger partial charge is 0.392 e. The van der Waals surface area contributed by atoms with Crippen molar-refractivity contribution < 1.29 is 14.6 Å². The number of fused-ring (bicyclic) bond motifs is 1. The third kappa shape index (κ3) is 4.10. The Balaban J connectivity index is 2.20. The molecule has 6 heteroatoms. The summed E-state index contributed by atoms with van der Waals surface area (Å²) in [5.74, 6) is 2.71. The number of rotatable bonds is 3. The first-order valence-electron chi connectivity index (χ1n) is 7.70. The molecule has 0 bridgehead atoms. The van der Waals surface area contributed by atoms with Gasteiger partial charge in [-0.2, -0.15) is 0 Å². The molecule has 2 aliphatic rings. The van der Waals surface area contributed by atoms with Crippen molar-refractivity contribution in [1.29, 1.82) is 0 Å². The second-order valence-corrected chi connectivity index (χ2v) is 9.66. The van der Waals surface area contributed by atoms with Crippen molar-refractivity contribution >= 4 is 47.8 Å². The number of aliphatic hydroxyl groups is 1. The molecule has 2 rings (SSSR count). The number of terminal acetylenes is 1. The number of halogens is 3. The van der Waals surface area contributed by atoms with Crippen LogP contribution < -0.4 is 0 Å². The fourth-order valence-corrected chi connectivity index (χ4v) is 4.44. The highest BCUT2D eigenvalue weighted by molar-refractivity contribution is 9.10. The van der Waals surface area contributed by atoms with E-state index in [1.165, 1.54) is 0 Å². The first-order chi connectivity index (χ1) is 10.3. The van der Waals surface area contributed by atoms with Gasteiger partial charge in [0.15, 0.2) is 0 Å². The number of ether oxygens (including phenoxy) is 2. The van der Waals surface area contributed by atoms with Crippen molar-refractivity contribution in [2.75, 3.05) is 0 Å². The Morgan fingerprint density at radius 2 is 2.05 bits per heavy atom. The Morgan fingerprint density at radius 3 is 2.64 bits per heavy atom. The summed E-state index contributed by atoms with van der Waals surface area (Å²) in [5, 5.41) is 10.4. The van der Waals surface area contributed by atoms with E-state index < -0.39 is 11.7 Å². The van der Waals surface area contributed by atoms with Gasteiger partial charge in [0.05, 0.1) is 30.0 Å². The quantitative estimate of drug-likeness (QED) is 0.471. The summed E-state index contributed by atoms with van der Waals surface area (Å²) < 4.78 is 12.6. The molecule has 3 nitrogen and oxygen atoms in total. The Labute approximate surface area is 158 Å². The van der Waals surface area contributed by atoms with Crippen LogP contribution in [0.5, 0.6) is 0 Å². The monoisotopic (exact) mass is 500 g/mol. The van der Waals surface area contributed by atoms with Gasteiger partial charge in [-0.1, -0.05) is 60.6 Å². The molecule has 0 spiro atoms. The van der Waals surface area contributed by atoms with Crippen molar-refractivity contribution in [3.05, 3.63) is 0 Å². The summed E-state index contributed by atoms with van der Waals surface area (Å²) in [6.07, 6.45) is 8.03. The molecule has 1 N–H and O–H groups in total. The maximum absolute atomic E-state index is 10.4. The van der Waals surface area contributed by atoms with Crippen molar-refractivity contribution in [2.45, 2.75) is 84.0 Å². The smallest absolute Gasteiger partial charge is 0.104 e. The number of aliphatic hydroxyl groups excluding tert-OH is 1. The molecule has 0 radical (unpaired) electrons. The third-order valence-corrected chi connectivity index (χ3v) is 8.07. The van der Waals surface area contributed by atoms with Crippen LogP contribution in [0.15, 0.2) is 0 Å². The Morgan fingerprint density at radius 1 is 1.36 bits per heavy atom. The van der Waals surface area contributed by atoms with Crippen molar-refractivity contribution in [2.24, 2.45) is 0 Å². The first kappa shape index (κ1) is 19.2. The van der Waals surface area contributed by atoms with Crippen LogP contribution >= 0.6 is 47.8 Å². The van der Waals surface area contributed by atoms with E-state index in [-0.39, 0.29) is 32.8 Å². The SMILES string of the molecule is C#C[C@@H](Br)[C@@]1(C)C[C@H]2OC(C(Br)CC)C[C@H](Br)[C@H](O)C[C@H]2O1. The van der Waals surface area contributed by atoms with Gasteiger partial charge in [0.1, 0.15) is 4.83 Å². The van der Waals surface area contributed by atoms with Gasteiger partial charge in [-0.15, -0.1) is 6.42 Å². The van der Waals surface area contributed by atoms with Crippen molar-refractivity contribution in [3.8, 4) is 12.3 Å². The van der Waals surface area contributed by atoms with Gasteiger partial charge >= 0.3 is 0 Å². The molecule has 0 aromatic carbocycles. The van der Waals surface area contributed by atoms with Crippen LogP contribution in [0.3, 0.4) is 0 Å². The first-order valence-corrected chi connectivity index (χ1v) is 10.4. The normalized spacial score (nSPS) is 45.2. The molecule has 2 fully saturated rings. The molecule has 8 atom stereocenters. The van der Waals surface area contributed by atoms with E-state index in [2.05, 4.69) is 60.6 Å². The maximum atomic E-state index is 10.4. The van der Waals surface area contributed by atoms with E-state index in [9.17, 15) is 5.11 Å². The molecule has 2 heterocycles. The minimum atomic E-state index is -0.464. The van der Waals surface area contributed by atoms with Gasteiger partial charge < -0.3 is 14.6 Å². The van der Waals surface area contributed by atoms with E-state index >= 15 is 0 Å². The minimum Gasteiger partial charge on any atom is -0.392 e. The summed E-state index contributed by atoms with van der Waals surface area (Å²) in [6.45, 7) is 4.14. The zero-order valence-corrected chi connectivity index (χ0v) is 17.6. The Bertz CT molecular complexity index is 427. The van der Waals surface area contributed by atoms with Gasteiger partial charge in [0.2, 0.25) is 0 Å². The van der Waals surface area contributed by atoms with Gasteiger partial charge in [0.25, 0.3) is 0 Å². The molecular weight excluding hydrogens is 480 g/mol. The van der Waals surface area contributed by atoms with Gasteiger partial charge in [-0.3, -0.25) is 0 Å². The number of alkyl halides is 3. The molecule has 22 heavy (non-hydrogen) atoms. The second-order valence-electron chi connectivity index (χ2n) is 6.39. The lowest BCUT2D eigenvalue weighted by Gasteiger charge is -2.34. The molecule has 2 saturated heterocycles. The van der Waals surface area contributed by atoms with Gasteiger partial charge in [-0.05, 0) is 19.8 Å². The molecule has 2 unspecified atom stereocenters. The van der Waals surface area contributed by atoms with E-state index in [0.717, 1.165) is 19.3 Å². The van der Waals surface area contributed by atoms with E-state index in [0.29, 0.717) is 6.42 Å². The minimum absolute atomic E-state index is 0.00732. The Hall–Kier alpha value is 0.880. The summed E-state index contributed by atoms with van der Waals surface area (Å²) in [7, 11) is 0. The van der Waals surface area contributed by atoms with E-state index in [4.69, 9.17) is 15.9 Å². The molecule has 0 saturated carbocycles.